The zero-order valence-electron chi connectivity index (χ0n) is 16.4. The van der Waals surface area contributed by atoms with Crippen LogP contribution in [0.1, 0.15) is 18.1 Å². The molecule has 0 aliphatic carbocycles. The maximum absolute atomic E-state index is 12.4. The van der Waals surface area contributed by atoms with Gasteiger partial charge in [0, 0.05) is 12.1 Å². The number of ether oxygens (including phenoxy) is 2. The standard InChI is InChI=1S/C20H23N3O5S/c1-13(22-19-15-6-4-5-7-18(15)29(25,26)23-19)20(24)21-11-10-14-8-9-16(27-2)17(12-14)28-3/h4-9,12-13H,10-11H2,1-3H3,(H,21,24)(H,22,23)/t13-/m1/s1. The van der Waals surface area contributed by atoms with Crippen LogP contribution >= 0.6 is 0 Å². The van der Waals surface area contributed by atoms with Gasteiger partial charge in [-0.2, -0.15) is 0 Å². The van der Waals surface area contributed by atoms with Crippen molar-refractivity contribution in [2.45, 2.75) is 24.3 Å². The Morgan fingerprint density at radius 3 is 2.59 bits per heavy atom. The quantitative estimate of drug-likeness (QED) is 0.710. The molecule has 0 saturated heterocycles. The second kappa shape index (κ2) is 8.52. The second-order valence-electron chi connectivity index (χ2n) is 6.49. The highest BCUT2D eigenvalue weighted by atomic mass is 32.2. The summed E-state index contributed by atoms with van der Waals surface area (Å²) in [6, 6.07) is 11.4. The van der Waals surface area contributed by atoms with E-state index >= 15 is 0 Å². The molecule has 3 rings (SSSR count). The Bertz CT molecular complexity index is 1050. The Morgan fingerprint density at radius 1 is 1.14 bits per heavy atom. The van der Waals surface area contributed by atoms with E-state index in [0.717, 1.165) is 5.56 Å². The minimum atomic E-state index is -3.63. The molecule has 0 aromatic heterocycles. The Labute approximate surface area is 170 Å². The molecule has 1 atom stereocenters. The van der Waals surface area contributed by atoms with Gasteiger partial charge < -0.3 is 14.8 Å². The van der Waals surface area contributed by atoms with Crippen molar-refractivity contribution in [1.29, 1.82) is 0 Å². The third-order valence-corrected chi connectivity index (χ3v) is 5.92. The average molecular weight is 417 g/mol. The molecule has 2 aromatic carbocycles. The van der Waals surface area contributed by atoms with Gasteiger partial charge in [-0.15, -0.1) is 0 Å². The van der Waals surface area contributed by atoms with E-state index in [9.17, 15) is 13.2 Å². The van der Waals surface area contributed by atoms with E-state index in [4.69, 9.17) is 9.47 Å². The molecule has 1 amide bonds. The second-order valence-corrected chi connectivity index (χ2v) is 8.14. The van der Waals surface area contributed by atoms with Gasteiger partial charge in [-0.1, -0.05) is 18.2 Å². The molecular weight excluding hydrogens is 394 g/mol. The first-order chi connectivity index (χ1) is 13.9. The summed E-state index contributed by atoms with van der Waals surface area (Å²) in [6.45, 7) is 2.03. The molecule has 2 N–H and O–H groups in total. The molecule has 9 heteroatoms. The maximum Gasteiger partial charge on any atom is 0.263 e. The summed E-state index contributed by atoms with van der Waals surface area (Å²) in [5.74, 6) is 1.16. The first-order valence-corrected chi connectivity index (χ1v) is 10.5. The maximum atomic E-state index is 12.4. The summed E-state index contributed by atoms with van der Waals surface area (Å²) in [7, 11) is -0.484. The molecule has 8 nitrogen and oxygen atoms in total. The Kier molecular flexibility index (Phi) is 6.07. The van der Waals surface area contributed by atoms with Crippen molar-refractivity contribution in [3.05, 3.63) is 53.6 Å². The smallest absolute Gasteiger partial charge is 0.263 e. The van der Waals surface area contributed by atoms with Crippen LogP contribution in [0.25, 0.3) is 0 Å². The minimum Gasteiger partial charge on any atom is -0.493 e. The average Bonchev–Trinajstić information content (AvgIpc) is 2.98. The Hall–Kier alpha value is -3.07. The molecule has 0 unspecified atom stereocenters. The molecule has 29 heavy (non-hydrogen) atoms. The fourth-order valence-electron chi connectivity index (χ4n) is 3.00. The van der Waals surface area contributed by atoms with E-state index in [1.54, 1.807) is 39.3 Å². The normalized spacial score (nSPS) is 16.6. The third-order valence-electron chi connectivity index (χ3n) is 4.53. The summed E-state index contributed by atoms with van der Waals surface area (Å²) in [6.07, 6.45) is 0.602. The zero-order valence-corrected chi connectivity index (χ0v) is 17.2. The van der Waals surface area contributed by atoms with E-state index in [1.807, 2.05) is 18.2 Å². The molecule has 0 bridgehead atoms. The number of methoxy groups -OCH3 is 2. The first kappa shape index (κ1) is 20.7. The van der Waals surface area contributed by atoms with Crippen LogP contribution < -0.4 is 19.5 Å². The number of amides is 1. The topological polar surface area (TPSA) is 106 Å². The van der Waals surface area contributed by atoms with Crippen LogP contribution in [-0.2, 0) is 21.2 Å². The minimum absolute atomic E-state index is 0.166. The molecule has 1 aliphatic heterocycles. The molecule has 2 aromatic rings. The van der Waals surface area contributed by atoms with Crippen LogP contribution in [0.2, 0.25) is 0 Å². The number of amidine groups is 1. The van der Waals surface area contributed by atoms with Crippen LogP contribution in [0.4, 0.5) is 0 Å². The summed E-state index contributed by atoms with van der Waals surface area (Å²) >= 11 is 0. The molecular formula is C20H23N3O5S. The number of hydrogen-bond acceptors (Lipinski definition) is 6. The third kappa shape index (κ3) is 4.51. The van der Waals surface area contributed by atoms with Crippen molar-refractivity contribution in [2.24, 2.45) is 4.99 Å². The van der Waals surface area contributed by atoms with Crippen LogP contribution in [0.3, 0.4) is 0 Å². The lowest BCUT2D eigenvalue weighted by molar-refractivity contribution is -0.121. The van der Waals surface area contributed by atoms with Crippen molar-refractivity contribution in [1.82, 2.24) is 10.0 Å². The lowest BCUT2D eigenvalue weighted by Gasteiger charge is -2.11. The number of fused-ring (bicyclic) bond motifs is 1. The van der Waals surface area contributed by atoms with Gasteiger partial charge in [-0.25, -0.2) is 8.42 Å². The number of carbonyl (C=O) groups is 1. The summed E-state index contributed by atoms with van der Waals surface area (Å²) in [4.78, 5) is 16.8. The fourth-order valence-corrected chi connectivity index (χ4v) is 4.24. The molecule has 0 spiro atoms. The fraction of sp³-hybridized carbons (Fsp3) is 0.300. The van der Waals surface area contributed by atoms with Gasteiger partial charge in [0.2, 0.25) is 5.91 Å². The molecule has 1 aliphatic rings. The zero-order chi connectivity index (χ0) is 21.0. The van der Waals surface area contributed by atoms with Gasteiger partial charge in [-0.05, 0) is 43.2 Å². The van der Waals surface area contributed by atoms with Gasteiger partial charge in [-0.3, -0.25) is 14.5 Å². The van der Waals surface area contributed by atoms with Crippen LogP contribution in [0.5, 0.6) is 11.5 Å². The number of carbonyl (C=O) groups excluding carboxylic acids is 1. The summed E-state index contributed by atoms with van der Waals surface area (Å²) in [5, 5.41) is 2.82. The monoisotopic (exact) mass is 417 g/mol. The van der Waals surface area contributed by atoms with E-state index < -0.39 is 16.1 Å². The summed E-state index contributed by atoms with van der Waals surface area (Å²) < 4.78 is 37.1. The number of rotatable bonds is 7. The highest BCUT2D eigenvalue weighted by Crippen LogP contribution is 2.27. The SMILES string of the molecule is COc1ccc(CCNC(=O)[C@@H](C)N=C2NS(=O)(=O)c3ccccc32)cc1OC. The van der Waals surface area contributed by atoms with Gasteiger partial charge in [0.15, 0.2) is 11.5 Å². The number of aliphatic imine (C=N–C) groups is 1. The highest BCUT2D eigenvalue weighted by Gasteiger charge is 2.31. The van der Waals surface area contributed by atoms with Crippen molar-refractivity contribution in [3.63, 3.8) is 0 Å². The van der Waals surface area contributed by atoms with Gasteiger partial charge in [0.1, 0.15) is 11.9 Å². The Morgan fingerprint density at radius 2 is 1.86 bits per heavy atom. The van der Waals surface area contributed by atoms with Gasteiger partial charge in [0.05, 0.1) is 19.1 Å². The van der Waals surface area contributed by atoms with E-state index in [0.29, 0.717) is 30.0 Å². The van der Waals surface area contributed by atoms with Crippen molar-refractivity contribution >= 4 is 21.8 Å². The molecule has 0 fully saturated rings. The molecule has 0 saturated carbocycles. The summed E-state index contributed by atoms with van der Waals surface area (Å²) in [5.41, 5.74) is 1.46. The van der Waals surface area contributed by atoms with Gasteiger partial charge >= 0.3 is 0 Å². The first-order valence-electron chi connectivity index (χ1n) is 9.04. The van der Waals surface area contributed by atoms with Crippen molar-refractivity contribution in [2.75, 3.05) is 20.8 Å². The van der Waals surface area contributed by atoms with E-state index in [1.165, 1.54) is 6.07 Å². The number of benzene rings is 2. The number of hydrogen-bond donors (Lipinski definition) is 2. The predicted octanol–water partition coefficient (Wildman–Crippen LogP) is 1.49. The van der Waals surface area contributed by atoms with Crippen molar-refractivity contribution < 1.29 is 22.7 Å². The lowest BCUT2D eigenvalue weighted by atomic mass is 10.1. The number of sulfonamides is 1. The lowest BCUT2D eigenvalue weighted by Crippen LogP contribution is -2.35. The van der Waals surface area contributed by atoms with E-state index in [2.05, 4.69) is 15.0 Å². The van der Waals surface area contributed by atoms with Crippen LogP contribution in [0.15, 0.2) is 52.4 Å². The number of nitrogens with zero attached hydrogens (tertiary/aromatic N) is 1. The molecule has 0 radical (unpaired) electrons. The van der Waals surface area contributed by atoms with Crippen LogP contribution in [-0.4, -0.2) is 47.0 Å². The Balaban J connectivity index is 1.61. The molecule has 154 valence electrons. The number of nitrogens with one attached hydrogen (secondary N) is 2. The predicted molar refractivity (Wildman–Crippen MR) is 109 cm³/mol. The highest BCUT2D eigenvalue weighted by molar-refractivity contribution is 7.90. The van der Waals surface area contributed by atoms with Gasteiger partial charge in [0.25, 0.3) is 10.0 Å². The van der Waals surface area contributed by atoms with Crippen LogP contribution in [0, 0.1) is 0 Å². The van der Waals surface area contributed by atoms with Crippen molar-refractivity contribution in [3.8, 4) is 11.5 Å². The van der Waals surface area contributed by atoms with E-state index in [-0.39, 0.29) is 16.6 Å². The molecule has 1 heterocycles. The largest absolute Gasteiger partial charge is 0.493 e.